The molecule has 0 amide bonds. The van der Waals surface area contributed by atoms with Crippen LogP contribution in [0.5, 0.6) is 0 Å². The van der Waals surface area contributed by atoms with E-state index in [1.54, 1.807) is 13.8 Å². The number of rotatable bonds is 3. The summed E-state index contributed by atoms with van der Waals surface area (Å²) in [7, 11) is 0. The van der Waals surface area contributed by atoms with Gasteiger partial charge in [-0.15, -0.1) is 0 Å². The van der Waals surface area contributed by atoms with Crippen LogP contribution in [0.25, 0.3) is 0 Å². The Bertz CT molecular complexity index is 198. The molecule has 0 spiro atoms. The van der Waals surface area contributed by atoms with Gasteiger partial charge in [0.15, 0.2) is 0 Å². The van der Waals surface area contributed by atoms with Crippen molar-refractivity contribution < 1.29 is 13.2 Å². The molecule has 1 fully saturated rings. The molecule has 0 aromatic heterocycles. The fraction of sp³-hybridized carbons (Fsp3) is 1.00. The minimum absolute atomic E-state index is 0.102. The molecule has 0 radical (unpaired) electrons. The van der Waals surface area contributed by atoms with Gasteiger partial charge in [0.1, 0.15) is 6.17 Å². The molecule has 1 aliphatic carbocycles. The molecule has 2 N–H and O–H groups in total. The average molecular weight is 209 g/mol. The maximum Gasteiger partial charge on any atom is 0.248 e. The van der Waals surface area contributed by atoms with Gasteiger partial charge in [0, 0.05) is 18.4 Å². The SMILES string of the molecule is CC(C)(N)C(F)CC1CCC(F)(F)C1. The van der Waals surface area contributed by atoms with Gasteiger partial charge in [0.05, 0.1) is 0 Å². The molecule has 4 heteroatoms. The molecule has 0 aromatic rings. The molecule has 2 unspecified atom stereocenters. The van der Waals surface area contributed by atoms with Gasteiger partial charge in [-0.25, -0.2) is 13.2 Å². The van der Waals surface area contributed by atoms with Crippen LogP contribution in [0, 0.1) is 5.92 Å². The van der Waals surface area contributed by atoms with Gasteiger partial charge in [-0.3, -0.25) is 0 Å². The van der Waals surface area contributed by atoms with Crippen LogP contribution in [0.4, 0.5) is 13.2 Å². The van der Waals surface area contributed by atoms with Gasteiger partial charge in [-0.1, -0.05) is 0 Å². The third kappa shape index (κ3) is 3.15. The molecule has 1 nitrogen and oxygen atoms in total. The summed E-state index contributed by atoms with van der Waals surface area (Å²) in [4.78, 5) is 0. The minimum atomic E-state index is -2.58. The van der Waals surface area contributed by atoms with Crippen LogP contribution in [0.1, 0.15) is 39.5 Å². The van der Waals surface area contributed by atoms with Gasteiger partial charge in [-0.05, 0) is 32.6 Å². The molecule has 0 heterocycles. The highest BCUT2D eigenvalue weighted by atomic mass is 19.3. The van der Waals surface area contributed by atoms with Crippen LogP contribution < -0.4 is 5.73 Å². The van der Waals surface area contributed by atoms with Gasteiger partial charge < -0.3 is 5.73 Å². The lowest BCUT2D eigenvalue weighted by atomic mass is 9.90. The van der Waals surface area contributed by atoms with E-state index in [-0.39, 0.29) is 25.2 Å². The molecule has 1 aliphatic rings. The van der Waals surface area contributed by atoms with Crippen LogP contribution in [0.2, 0.25) is 0 Å². The third-order valence-corrected chi connectivity index (χ3v) is 2.85. The fourth-order valence-corrected chi connectivity index (χ4v) is 1.84. The predicted octanol–water partition coefficient (Wildman–Crippen LogP) is 2.89. The van der Waals surface area contributed by atoms with Gasteiger partial charge in [0.2, 0.25) is 5.92 Å². The Morgan fingerprint density at radius 3 is 2.43 bits per heavy atom. The lowest BCUT2D eigenvalue weighted by Gasteiger charge is -2.25. The summed E-state index contributed by atoms with van der Waals surface area (Å²) in [6.07, 6.45) is -0.886. The first-order valence-electron chi connectivity index (χ1n) is 5.01. The second-order valence-electron chi connectivity index (χ2n) is 4.99. The summed E-state index contributed by atoms with van der Waals surface area (Å²) in [6.45, 7) is 3.18. The number of hydrogen-bond donors (Lipinski definition) is 1. The van der Waals surface area contributed by atoms with E-state index in [0.717, 1.165) is 0 Å². The summed E-state index contributed by atoms with van der Waals surface area (Å²) in [5.41, 5.74) is 4.64. The van der Waals surface area contributed by atoms with Crippen molar-refractivity contribution in [2.75, 3.05) is 0 Å². The van der Waals surface area contributed by atoms with E-state index in [9.17, 15) is 13.2 Å². The zero-order valence-electron chi connectivity index (χ0n) is 8.69. The molecule has 1 rings (SSSR count). The van der Waals surface area contributed by atoms with Crippen LogP contribution in [-0.4, -0.2) is 17.6 Å². The number of halogens is 3. The Hall–Kier alpha value is -0.250. The number of alkyl halides is 3. The topological polar surface area (TPSA) is 26.0 Å². The van der Waals surface area contributed by atoms with Crippen LogP contribution in [0.15, 0.2) is 0 Å². The standard InChI is InChI=1S/C10H18F3N/c1-9(2,14)8(11)5-7-3-4-10(12,13)6-7/h7-8H,3-6,14H2,1-2H3. The van der Waals surface area contributed by atoms with Crippen molar-refractivity contribution in [3.8, 4) is 0 Å². The van der Waals surface area contributed by atoms with Crippen LogP contribution >= 0.6 is 0 Å². The van der Waals surface area contributed by atoms with Crippen molar-refractivity contribution in [3.05, 3.63) is 0 Å². The second kappa shape index (κ2) is 3.72. The van der Waals surface area contributed by atoms with Crippen molar-refractivity contribution in [2.45, 2.75) is 57.2 Å². The quantitative estimate of drug-likeness (QED) is 0.760. The number of hydrogen-bond acceptors (Lipinski definition) is 1. The van der Waals surface area contributed by atoms with Crippen molar-refractivity contribution in [1.82, 2.24) is 0 Å². The Kier molecular flexibility index (Phi) is 3.14. The molecule has 2 atom stereocenters. The zero-order chi connectivity index (χ0) is 11.0. The average Bonchev–Trinajstić information content (AvgIpc) is 2.28. The largest absolute Gasteiger partial charge is 0.323 e. The summed E-state index contributed by atoms with van der Waals surface area (Å²) in [5, 5.41) is 0. The lowest BCUT2D eigenvalue weighted by molar-refractivity contribution is 0.00306. The van der Waals surface area contributed by atoms with E-state index in [1.165, 1.54) is 0 Å². The Labute approximate surface area is 82.9 Å². The first-order valence-corrected chi connectivity index (χ1v) is 5.01. The smallest absolute Gasteiger partial charge is 0.248 e. The first-order chi connectivity index (χ1) is 6.21. The van der Waals surface area contributed by atoms with E-state index in [2.05, 4.69) is 0 Å². The second-order valence-corrected chi connectivity index (χ2v) is 4.99. The van der Waals surface area contributed by atoms with Crippen molar-refractivity contribution in [1.29, 1.82) is 0 Å². The highest BCUT2D eigenvalue weighted by Crippen LogP contribution is 2.41. The highest BCUT2D eigenvalue weighted by Gasteiger charge is 2.41. The molecule has 1 saturated carbocycles. The van der Waals surface area contributed by atoms with Gasteiger partial charge >= 0.3 is 0 Å². The Balaban J connectivity index is 2.40. The highest BCUT2D eigenvalue weighted by molar-refractivity contribution is 4.88. The molecular formula is C10H18F3N. The monoisotopic (exact) mass is 209 g/mol. The summed E-state index contributed by atoms with van der Waals surface area (Å²) >= 11 is 0. The molecule has 14 heavy (non-hydrogen) atoms. The van der Waals surface area contributed by atoms with Crippen LogP contribution in [0.3, 0.4) is 0 Å². The van der Waals surface area contributed by atoms with Gasteiger partial charge in [-0.2, -0.15) is 0 Å². The summed E-state index contributed by atoms with van der Waals surface area (Å²) < 4.78 is 39.0. The maximum atomic E-state index is 13.4. The molecule has 84 valence electrons. The van der Waals surface area contributed by atoms with Gasteiger partial charge in [0.25, 0.3) is 0 Å². The zero-order valence-corrected chi connectivity index (χ0v) is 8.69. The van der Waals surface area contributed by atoms with Crippen LogP contribution in [-0.2, 0) is 0 Å². The number of nitrogens with two attached hydrogens (primary N) is 1. The summed E-state index contributed by atoms with van der Waals surface area (Å²) in [5.74, 6) is -2.79. The lowest BCUT2D eigenvalue weighted by Crippen LogP contribution is -2.43. The normalized spacial score (nSPS) is 29.1. The van der Waals surface area contributed by atoms with E-state index < -0.39 is 17.6 Å². The minimum Gasteiger partial charge on any atom is -0.323 e. The molecule has 0 saturated heterocycles. The van der Waals surface area contributed by atoms with Crippen molar-refractivity contribution in [3.63, 3.8) is 0 Å². The Morgan fingerprint density at radius 2 is 2.07 bits per heavy atom. The predicted molar refractivity (Wildman–Crippen MR) is 50.1 cm³/mol. The first kappa shape index (κ1) is 11.8. The Morgan fingerprint density at radius 1 is 1.50 bits per heavy atom. The van der Waals surface area contributed by atoms with Crippen molar-refractivity contribution in [2.24, 2.45) is 11.7 Å². The van der Waals surface area contributed by atoms with E-state index in [4.69, 9.17) is 5.73 Å². The molecule has 0 aromatic carbocycles. The molecular weight excluding hydrogens is 191 g/mol. The molecule has 0 aliphatic heterocycles. The summed E-state index contributed by atoms with van der Waals surface area (Å²) in [6, 6.07) is 0. The van der Waals surface area contributed by atoms with Crippen molar-refractivity contribution >= 4 is 0 Å². The maximum absolute atomic E-state index is 13.4. The fourth-order valence-electron chi connectivity index (χ4n) is 1.84. The van der Waals surface area contributed by atoms with E-state index in [1.807, 2.05) is 0 Å². The van der Waals surface area contributed by atoms with E-state index in [0.29, 0.717) is 6.42 Å². The third-order valence-electron chi connectivity index (χ3n) is 2.85. The van der Waals surface area contributed by atoms with E-state index >= 15 is 0 Å². The molecule has 0 bridgehead atoms.